The van der Waals surface area contributed by atoms with Gasteiger partial charge in [-0.05, 0) is 18.8 Å². The molecule has 104 valence electrons. The molecule has 1 N–H and O–H groups in total. The van der Waals surface area contributed by atoms with Crippen LogP contribution in [0.25, 0.3) is 0 Å². The van der Waals surface area contributed by atoms with Crippen LogP contribution >= 0.6 is 0 Å². The molecule has 1 aliphatic heterocycles. The Morgan fingerprint density at radius 2 is 2.06 bits per heavy atom. The maximum absolute atomic E-state index is 12.3. The number of carbonyl (C=O) groups excluding carboxylic acids is 1. The standard InChI is InChI=1S/C11H21N3O3S/c1-13(2)11(15)10-7-12-5-6-14(10)18(16,17)8-9-3-4-9/h9-10,12H,3-8H2,1-2H3. The molecule has 6 nitrogen and oxygen atoms in total. The maximum atomic E-state index is 12.3. The lowest BCUT2D eigenvalue weighted by molar-refractivity contribution is -0.133. The number of hydrogen-bond acceptors (Lipinski definition) is 4. The molecular weight excluding hydrogens is 254 g/mol. The molecule has 7 heteroatoms. The fourth-order valence-electron chi connectivity index (χ4n) is 2.21. The van der Waals surface area contributed by atoms with E-state index in [4.69, 9.17) is 0 Å². The molecule has 2 aliphatic rings. The second-order valence-electron chi connectivity index (χ2n) is 5.29. The first-order valence-electron chi connectivity index (χ1n) is 6.33. The zero-order chi connectivity index (χ0) is 13.3. The van der Waals surface area contributed by atoms with Crippen molar-refractivity contribution >= 4 is 15.9 Å². The van der Waals surface area contributed by atoms with Crippen molar-refractivity contribution in [3.8, 4) is 0 Å². The lowest BCUT2D eigenvalue weighted by Crippen LogP contribution is -2.59. The second-order valence-corrected chi connectivity index (χ2v) is 7.25. The molecule has 18 heavy (non-hydrogen) atoms. The summed E-state index contributed by atoms with van der Waals surface area (Å²) in [6, 6.07) is -0.586. The van der Waals surface area contributed by atoms with Gasteiger partial charge in [0.1, 0.15) is 6.04 Å². The summed E-state index contributed by atoms with van der Waals surface area (Å²) in [4.78, 5) is 13.5. The van der Waals surface area contributed by atoms with Gasteiger partial charge < -0.3 is 10.2 Å². The summed E-state index contributed by atoms with van der Waals surface area (Å²) in [7, 11) is 0.00880. The van der Waals surface area contributed by atoms with Crippen LogP contribution in [0.3, 0.4) is 0 Å². The molecule has 0 aromatic rings. The first-order valence-corrected chi connectivity index (χ1v) is 7.94. The van der Waals surface area contributed by atoms with E-state index in [-0.39, 0.29) is 11.7 Å². The summed E-state index contributed by atoms with van der Waals surface area (Å²) in [5, 5.41) is 3.09. The summed E-state index contributed by atoms with van der Waals surface area (Å²) >= 11 is 0. The SMILES string of the molecule is CN(C)C(=O)C1CNCCN1S(=O)(=O)CC1CC1. The topological polar surface area (TPSA) is 69.7 Å². The zero-order valence-corrected chi connectivity index (χ0v) is 11.7. The highest BCUT2D eigenvalue weighted by Gasteiger charge is 2.40. The monoisotopic (exact) mass is 275 g/mol. The predicted octanol–water partition coefficient (Wildman–Crippen LogP) is -0.912. The van der Waals surface area contributed by atoms with Crippen LogP contribution in [0.1, 0.15) is 12.8 Å². The number of nitrogens with zero attached hydrogens (tertiary/aromatic N) is 2. The van der Waals surface area contributed by atoms with E-state index >= 15 is 0 Å². The molecule has 2 rings (SSSR count). The molecule has 1 unspecified atom stereocenters. The van der Waals surface area contributed by atoms with Crippen LogP contribution in [-0.2, 0) is 14.8 Å². The molecule has 2 fully saturated rings. The molecule has 0 spiro atoms. The van der Waals surface area contributed by atoms with E-state index in [1.54, 1.807) is 14.1 Å². The lowest BCUT2D eigenvalue weighted by Gasteiger charge is -2.35. The second kappa shape index (κ2) is 5.14. The molecule has 1 saturated carbocycles. The fourth-order valence-corrected chi connectivity index (χ4v) is 4.25. The van der Waals surface area contributed by atoms with E-state index in [1.807, 2.05) is 0 Å². The fraction of sp³-hybridized carbons (Fsp3) is 0.909. The first-order chi connectivity index (χ1) is 8.42. The number of likely N-dealkylation sites (N-methyl/N-ethyl adjacent to an activating group) is 1. The Balaban J connectivity index is 2.13. The molecule has 1 heterocycles. The van der Waals surface area contributed by atoms with Crippen molar-refractivity contribution in [3.05, 3.63) is 0 Å². The van der Waals surface area contributed by atoms with Crippen molar-refractivity contribution in [2.75, 3.05) is 39.5 Å². The Hall–Kier alpha value is -0.660. The van der Waals surface area contributed by atoms with Gasteiger partial charge in [-0.2, -0.15) is 4.31 Å². The average molecular weight is 275 g/mol. The van der Waals surface area contributed by atoms with Gasteiger partial charge >= 0.3 is 0 Å². The van der Waals surface area contributed by atoms with Gasteiger partial charge in [0.05, 0.1) is 5.75 Å². The third-order valence-corrected chi connectivity index (χ3v) is 5.46. The summed E-state index contributed by atoms with van der Waals surface area (Å²) < 4.78 is 26.0. The van der Waals surface area contributed by atoms with Gasteiger partial charge in [-0.3, -0.25) is 4.79 Å². The molecule has 1 saturated heterocycles. The quantitative estimate of drug-likeness (QED) is 0.721. The van der Waals surface area contributed by atoms with E-state index in [2.05, 4.69) is 5.32 Å². The third-order valence-electron chi connectivity index (χ3n) is 3.42. The normalized spacial score (nSPS) is 26.0. The Kier molecular flexibility index (Phi) is 3.93. The number of amides is 1. The molecule has 1 atom stereocenters. The van der Waals surface area contributed by atoms with Gasteiger partial charge in [-0.25, -0.2) is 8.42 Å². The summed E-state index contributed by atoms with van der Waals surface area (Å²) in [6.07, 6.45) is 2.00. The van der Waals surface area contributed by atoms with E-state index in [0.717, 1.165) is 12.8 Å². The van der Waals surface area contributed by atoms with Crippen LogP contribution in [0, 0.1) is 5.92 Å². The van der Waals surface area contributed by atoms with Crippen molar-refractivity contribution in [2.45, 2.75) is 18.9 Å². The lowest BCUT2D eigenvalue weighted by atomic mass is 10.2. The van der Waals surface area contributed by atoms with E-state index in [0.29, 0.717) is 25.6 Å². The van der Waals surface area contributed by atoms with Crippen molar-refractivity contribution in [1.29, 1.82) is 0 Å². The number of carbonyl (C=O) groups is 1. The van der Waals surface area contributed by atoms with Crippen molar-refractivity contribution < 1.29 is 13.2 Å². The maximum Gasteiger partial charge on any atom is 0.241 e. The molecule has 0 bridgehead atoms. The smallest absolute Gasteiger partial charge is 0.241 e. The Labute approximate surface area is 108 Å². The van der Waals surface area contributed by atoms with Gasteiger partial charge in [0.25, 0.3) is 0 Å². The van der Waals surface area contributed by atoms with Crippen LogP contribution in [0.2, 0.25) is 0 Å². The van der Waals surface area contributed by atoms with Crippen LogP contribution in [-0.4, -0.2) is 69.1 Å². The van der Waals surface area contributed by atoms with Gasteiger partial charge in [0, 0.05) is 33.7 Å². The van der Waals surface area contributed by atoms with Gasteiger partial charge in [-0.15, -0.1) is 0 Å². The highest BCUT2D eigenvalue weighted by molar-refractivity contribution is 7.89. The highest BCUT2D eigenvalue weighted by Crippen LogP contribution is 2.31. The van der Waals surface area contributed by atoms with Crippen LogP contribution in [0.15, 0.2) is 0 Å². The minimum absolute atomic E-state index is 0.151. The van der Waals surface area contributed by atoms with Gasteiger partial charge in [-0.1, -0.05) is 0 Å². The third kappa shape index (κ3) is 3.02. The minimum Gasteiger partial charge on any atom is -0.347 e. The summed E-state index contributed by atoms with van der Waals surface area (Å²) in [6.45, 7) is 1.40. The van der Waals surface area contributed by atoms with E-state index in [9.17, 15) is 13.2 Å². The molecule has 0 aromatic carbocycles. The average Bonchev–Trinajstić information content (AvgIpc) is 3.11. The largest absolute Gasteiger partial charge is 0.347 e. The number of hydrogen-bond donors (Lipinski definition) is 1. The Morgan fingerprint density at radius 3 is 2.61 bits per heavy atom. The van der Waals surface area contributed by atoms with E-state index in [1.165, 1.54) is 9.21 Å². The van der Waals surface area contributed by atoms with Crippen molar-refractivity contribution in [3.63, 3.8) is 0 Å². The summed E-state index contributed by atoms with van der Waals surface area (Å²) in [5.74, 6) is 0.353. The predicted molar refractivity (Wildman–Crippen MR) is 68.6 cm³/mol. The highest BCUT2D eigenvalue weighted by atomic mass is 32.2. The zero-order valence-electron chi connectivity index (χ0n) is 10.9. The molecule has 1 aliphatic carbocycles. The number of piperazine rings is 1. The summed E-state index contributed by atoms with van der Waals surface area (Å²) in [5.41, 5.74) is 0. The molecule has 0 aromatic heterocycles. The number of nitrogens with one attached hydrogen (secondary N) is 1. The molecular formula is C11H21N3O3S. The van der Waals surface area contributed by atoms with E-state index < -0.39 is 16.1 Å². The minimum atomic E-state index is -3.30. The van der Waals surface area contributed by atoms with Gasteiger partial charge in [0.15, 0.2) is 0 Å². The molecule has 0 radical (unpaired) electrons. The Bertz CT molecular complexity index is 417. The number of rotatable bonds is 4. The van der Waals surface area contributed by atoms with Gasteiger partial charge in [0.2, 0.25) is 15.9 Å². The first kappa shape index (κ1) is 13.8. The van der Waals surface area contributed by atoms with Crippen LogP contribution < -0.4 is 5.32 Å². The van der Waals surface area contributed by atoms with Crippen LogP contribution in [0.5, 0.6) is 0 Å². The number of sulfonamides is 1. The Morgan fingerprint density at radius 1 is 1.39 bits per heavy atom. The van der Waals surface area contributed by atoms with Crippen molar-refractivity contribution in [2.24, 2.45) is 5.92 Å². The van der Waals surface area contributed by atoms with Crippen LogP contribution in [0.4, 0.5) is 0 Å². The molecule has 1 amide bonds. The van der Waals surface area contributed by atoms with Crippen molar-refractivity contribution in [1.82, 2.24) is 14.5 Å².